The average Bonchev–Trinajstić information content (AvgIpc) is 3.25. The van der Waals surface area contributed by atoms with Gasteiger partial charge in [-0.25, -0.2) is 18.2 Å². The van der Waals surface area contributed by atoms with Crippen LogP contribution in [0.1, 0.15) is 39.1 Å². The molecule has 6 nitrogen and oxygen atoms in total. The number of benzene rings is 2. The predicted octanol–water partition coefficient (Wildman–Crippen LogP) is 6.04. The summed E-state index contributed by atoms with van der Waals surface area (Å²) in [6, 6.07) is 12.4. The Morgan fingerprint density at radius 3 is 2.50 bits per heavy atom. The van der Waals surface area contributed by atoms with Gasteiger partial charge in [-0.15, -0.1) is 0 Å². The summed E-state index contributed by atoms with van der Waals surface area (Å²) < 4.78 is 61.7. The van der Waals surface area contributed by atoms with Crippen LogP contribution in [-0.4, -0.2) is 37.7 Å². The van der Waals surface area contributed by atoms with Gasteiger partial charge in [0.1, 0.15) is 29.2 Å². The molecule has 0 aliphatic heterocycles. The van der Waals surface area contributed by atoms with E-state index in [4.69, 9.17) is 4.74 Å². The van der Waals surface area contributed by atoms with Gasteiger partial charge >= 0.3 is 0 Å². The zero-order valence-electron chi connectivity index (χ0n) is 21.6. The van der Waals surface area contributed by atoms with Gasteiger partial charge in [-0.05, 0) is 62.7 Å². The van der Waals surface area contributed by atoms with Crippen molar-refractivity contribution in [3.05, 3.63) is 77.7 Å². The summed E-state index contributed by atoms with van der Waals surface area (Å²) in [4.78, 5) is 18.1. The first-order valence-electron chi connectivity index (χ1n) is 12.4. The number of carbonyl (C=O) groups is 1. The third-order valence-corrected chi connectivity index (χ3v) is 7.60. The molecule has 0 saturated heterocycles. The zero-order chi connectivity index (χ0) is 27.6. The molecule has 38 heavy (non-hydrogen) atoms. The molecule has 10 heteroatoms. The molecule has 0 radical (unpaired) electrons. The van der Waals surface area contributed by atoms with Crippen molar-refractivity contribution < 1.29 is 26.9 Å². The van der Waals surface area contributed by atoms with E-state index in [1.54, 1.807) is 50.2 Å². The number of fused-ring (bicyclic) bond motifs is 1. The van der Waals surface area contributed by atoms with Crippen LogP contribution in [-0.2, 0) is 38.9 Å². The van der Waals surface area contributed by atoms with Crippen molar-refractivity contribution in [2.24, 2.45) is 0 Å². The molecule has 3 atom stereocenters. The first-order chi connectivity index (χ1) is 18.0. The maximum absolute atomic E-state index is 14.4. The fourth-order valence-electron chi connectivity index (χ4n) is 4.45. The lowest BCUT2D eigenvalue weighted by Gasteiger charge is -2.32. The maximum Gasteiger partial charge on any atom is 0.228 e. The van der Waals surface area contributed by atoms with Crippen molar-refractivity contribution in [2.75, 3.05) is 11.1 Å². The zero-order valence-corrected chi connectivity index (χ0v) is 22.4. The van der Waals surface area contributed by atoms with Gasteiger partial charge in [0.2, 0.25) is 5.91 Å². The third kappa shape index (κ3) is 5.91. The van der Waals surface area contributed by atoms with E-state index in [-0.39, 0.29) is 12.3 Å². The van der Waals surface area contributed by atoms with Crippen LogP contribution < -0.4 is 5.32 Å². The summed E-state index contributed by atoms with van der Waals surface area (Å²) >= 11 is 0. The van der Waals surface area contributed by atoms with Crippen LogP contribution in [0.4, 0.5) is 18.9 Å². The minimum absolute atomic E-state index is 0.145. The number of anilines is 1. The minimum Gasteiger partial charge on any atom is -0.354 e. The number of rotatable bonds is 9. The Balaban J connectivity index is 1.52. The highest BCUT2D eigenvalue weighted by atomic mass is 32.2. The average molecular weight is 546 g/mol. The highest BCUT2D eigenvalue weighted by Gasteiger charge is 2.38. The molecule has 202 valence electrons. The van der Waals surface area contributed by atoms with Gasteiger partial charge in [-0.2, -0.15) is 0 Å². The number of halogens is 3. The van der Waals surface area contributed by atoms with Gasteiger partial charge in [0.25, 0.3) is 0 Å². The normalized spacial score (nSPS) is 18.7. The molecular weight excluding hydrogens is 515 g/mol. The van der Waals surface area contributed by atoms with Crippen molar-refractivity contribution in [1.82, 2.24) is 9.55 Å². The Labute approximate surface area is 222 Å². The van der Waals surface area contributed by atoms with Gasteiger partial charge in [0.05, 0.1) is 28.3 Å². The number of alkyl halides is 1. The van der Waals surface area contributed by atoms with E-state index in [0.717, 1.165) is 16.0 Å². The number of nitrogens with zero attached hydrogens (tertiary/aromatic N) is 2. The number of allylic oxidation sites excluding steroid dienone is 2. The molecule has 0 saturated carbocycles. The summed E-state index contributed by atoms with van der Waals surface area (Å²) in [6.07, 6.45) is -2.10. The van der Waals surface area contributed by atoms with E-state index in [1.165, 1.54) is 0 Å². The fraction of sp³-hybridized carbons (Fsp3) is 0.357. The first-order valence-corrected chi connectivity index (χ1v) is 13.7. The monoisotopic (exact) mass is 545 g/mol. The molecule has 0 bridgehead atoms. The molecule has 3 unspecified atom stereocenters. The number of hydrogen-bond donors (Lipinski definition) is 1. The molecule has 1 N–H and O–H groups in total. The largest absolute Gasteiger partial charge is 0.354 e. The molecule has 1 heterocycles. The lowest BCUT2D eigenvalue weighted by Crippen LogP contribution is -2.37. The number of imidazole rings is 1. The number of hydrogen-bond acceptors (Lipinski definition) is 4. The quantitative estimate of drug-likeness (QED) is 0.356. The Morgan fingerprint density at radius 1 is 1.16 bits per heavy atom. The molecule has 3 aromatic rings. The van der Waals surface area contributed by atoms with Crippen molar-refractivity contribution >= 4 is 33.4 Å². The van der Waals surface area contributed by atoms with E-state index in [2.05, 4.69) is 10.3 Å². The number of carbonyl (C=O) groups excluding carboxylic acids is 1. The maximum atomic E-state index is 14.4. The molecule has 1 aliphatic rings. The second-order valence-electron chi connectivity index (χ2n) is 9.46. The van der Waals surface area contributed by atoms with Crippen LogP contribution >= 0.6 is 0 Å². The second kappa shape index (κ2) is 11.2. The van der Waals surface area contributed by atoms with Gasteiger partial charge in [-0.1, -0.05) is 19.1 Å². The number of ether oxygens (including phenoxy) is 1. The predicted molar refractivity (Wildman–Crippen MR) is 142 cm³/mol. The van der Waals surface area contributed by atoms with Crippen LogP contribution in [0.5, 0.6) is 0 Å². The third-order valence-electron chi connectivity index (χ3n) is 6.28. The van der Waals surface area contributed by atoms with Crippen molar-refractivity contribution in [1.29, 1.82) is 0 Å². The molecule has 1 aliphatic carbocycles. The van der Waals surface area contributed by atoms with E-state index >= 15 is 0 Å². The summed E-state index contributed by atoms with van der Waals surface area (Å²) in [7, 11) is -1.05. The Kier molecular flexibility index (Phi) is 8.22. The summed E-state index contributed by atoms with van der Waals surface area (Å²) in [5, 5.41) is 2.87. The number of aryl methyl sites for hydroxylation is 1. The first kappa shape index (κ1) is 27.8. The topological polar surface area (TPSA) is 73.2 Å². The van der Waals surface area contributed by atoms with E-state index in [9.17, 15) is 22.2 Å². The van der Waals surface area contributed by atoms with Crippen molar-refractivity contribution in [2.45, 2.75) is 63.4 Å². The van der Waals surface area contributed by atoms with E-state index < -0.39 is 40.3 Å². The number of amides is 1. The Morgan fingerprint density at radius 2 is 1.87 bits per heavy atom. The molecule has 0 spiro atoms. The van der Waals surface area contributed by atoms with E-state index in [0.29, 0.717) is 41.5 Å². The Hall–Kier alpha value is -3.24. The SMILES string of the molecule is CCn1c(C(C)(C)OC2C(F)=CC(F)=CC2F)nc2cc(NC(=O)Cc3ccc(S(=O)CC)cc3)ccc21. The highest BCUT2D eigenvalue weighted by molar-refractivity contribution is 7.85. The summed E-state index contributed by atoms with van der Waals surface area (Å²) in [5.74, 6) is -1.25. The number of aromatic nitrogens is 2. The van der Waals surface area contributed by atoms with Crippen LogP contribution in [0.3, 0.4) is 0 Å². The fourth-order valence-corrected chi connectivity index (χ4v) is 5.22. The van der Waals surface area contributed by atoms with E-state index in [1.807, 2.05) is 24.5 Å². The van der Waals surface area contributed by atoms with Gasteiger partial charge in [0, 0.05) is 29.0 Å². The summed E-state index contributed by atoms with van der Waals surface area (Å²) in [5.41, 5.74) is 1.46. The van der Waals surface area contributed by atoms with Gasteiger partial charge in [-0.3, -0.25) is 9.00 Å². The minimum atomic E-state index is -1.97. The van der Waals surface area contributed by atoms with Crippen LogP contribution in [0.2, 0.25) is 0 Å². The highest BCUT2D eigenvalue weighted by Crippen LogP contribution is 2.35. The van der Waals surface area contributed by atoms with Crippen molar-refractivity contribution in [3.63, 3.8) is 0 Å². The molecule has 2 aromatic carbocycles. The Bertz CT molecular complexity index is 1430. The molecular formula is C28H30F3N3O3S. The van der Waals surface area contributed by atoms with Gasteiger partial charge < -0.3 is 14.6 Å². The van der Waals surface area contributed by atoms with Crippen LogP contribution in [0, 0.1) is 0 Å². The molecule has 4 rings (SSSR count). The van der Waals surface area contributed by atoms with Crippen molar-refractivity contribution in [3.8, 4) is 0 Å². The smallest absolute Gasteiger partial charge is 0.228 e. The lowest BCUT2D eigenvalue weighted by atomic mass is 10.0. The summed E-state index contributed by atoms with van der Waals surface area (Å²) in [6.45, 7) is 7.58. The molecule has 0 fully saturated rings. The molecule has 1 aromatic heterocycles. The standard InChI is InChI=1S/C28H30F3N3O3S/c1-5-34-24-12-9-19(32-25(35)13-17-7-10-20(11-8-17)38(36)6-2)16-23(24)33-27(34)28(3,4)37-26-21(30)14-18(29)15-22(26)31/h7-12,14-16,21,26H,5-6,13H2,1-4H3,(H,32,35). The van der Waals surface area contributed by atoms with Crippen LogP contribution in [0.15, 0.2) is 71.2 Å². The number of nitrogens with one attached hydrogen (secondary N) is 1. The lowest BCUT2D eigenvalue weighted by molar-refractivity contribution is -0.115. The molecule has 1 amide bonds. The van der Waals surface area contributed by atoms with Crippen LogP contribution in [0.25, 0.3) is 11.0 Å². The second-order valence-corrected chi connectivity index (χ2v) is 11.2. The van der Waals surface area contributed by atoms with Gasteiger partial charge in [0.15, 0.2) is 6.17 Å².